The normalized spacial score (nSPS) is 12.1. The maximum Gasteiger partial charge on any atom is 0.332 e. The van der Waals surface area contributed by atoms with Gasteiger partial charge in [-0.05, 0) is 18.2 Å². The number of fused-ring (bicyclic) bond motifs is 1. The van der Waals surface area contributed by atoms with Gasteiger partial charge in [-0.3, -0.25) is 5.32 Å². The Morgan fingerprint density at radius 3 is 2.90 bits per heavy atom. The van der Waals surface area contributed by atoms with Crippen molar-refractivity contribution in [1.29, 1.82) is 0 Å². The summed E-state index contributed by atoms with van der Waals surface area (Å²) in [4.78, 5) is 26.2. The summed E-state index contributed by atoms with van der Waals surface area (Å²) in [5.74, 6) is -1.32. The fourth-order valence-electron chi connectivity index (χ4n) is 1.54. The van der Waals surface area contributed by atoms with Crippen LogP contribution in [-0.4, -0.2) is 39.8 Å². The number of aliphatic hydroxyl groups excluding tert-OH is 1. The van der Waals surface area contributed by atoms with Gasteiger partial charge in [-0.1, -0.05) is 22.9 Å². The predicted molar refractivity (Wildman–Crippen MR) is 79.9 cm³/mol. The standard InChI is InChI=1S/C12H12ClN3O4S/c13-6-1-2-7-9(5-6)21-12(15-7)16-11(20)14-4-3-8(17)10(18)19/h1-2,5,8,17H,3-4H2,(H,18,19)(H2,14,15,16,20). The van der Waals surface area contributed by atoms with Crippen LogP contribution < -0.4 is 10.6 Å². The minimum atomic E-state index is -1.49. The number of carboxylic acid groups (broad SMARTS) is 1. The van der Waals surface area contributed by atoms with Gasteiger partial charge in [-0.25, -0.2) is 14.6 Å². The molecule has 0 saturated carbocycles. The zero-order chi connectivity index (χ0) is 15.4. The van der Waals surface area contributed by atoms with Gasteiger partial charge in [0.25, 0.3) is 0 Å². The van der Waals surface area contributed by atoms with E-state index in [0.717, 1.165) is 10.2 Å². The largest absolute Gasteiger partial charge is 0.479 e. The molecule has 0 radical (unpaired) electrons. The molecule has 0 saturated heterocycles. The number of amides is 2. The molecule has 2 rings (SSSR count). The number of halogens is 1. The van der Waals surface area contributed by atoms with E-state index in [2.05, 4.69) is 15.6 Å². The fraction of sp³-hybridized carbons (Fsp3) is 0.250. The molecule has 7 nitrogen and oxygen atoms in total. The van der Waals surface area contributed by atoms with Crippen LogP contribution in [0.5, 0.6) is 0 Å². The van der Waals surface area contributed by atoms with Crippen molar-refractivity contribution in [3.8, 4) is 0 Å². The second-order valence-corrected chi connectivity index (χ2v) is 5.62. The van der Waals surface area contributed by atoms with Crippen LogP contribution in [0, 0.1) is 0 Å². The lowest BCUT2D eigenvalue weighted by atomic mass is 10.2. The van der Waals surface area contributed by atoms with Gasteiger partial charge >= 0.3 is 12.0 Å². The Morgan fingerprint density at radius 2 is 2.19 bits per heavy atom. The summed E-state index contributed by atoms with van der Waals surface area (Å²) in [6.45, 7) is 0.0377. The molecular weight excluding hydrogens is 318 g/mol. The zero-order valence-electron chi connectivity index (χ0n) is 10.7. The van der Waals surface area contributed by atoms with Crippen LogP contribution >= 0.6 is 22.9 Å². The fourth-order valence-corrected chi connectivity index (χ4v) is 2.68. The lowest BCUT2D eigenvalue weighted by molar-refractivity contribution is -0.146. The molecule has 9 heteroatoms. The third kappa shape index (κ3) is 4.28. The predicted octanol–water partition coefficient (Wildman–Crippen LogP) is 1.91. The summed E-state index contributed by atoms with van der Waals surface area (Å²) < 4.78 is 0.846. The molecular formula is C12H12ClN3O4S. The first-order chi connectivity index (χ1) is 9.95. The number of rotatable bonds is 5. The highest BCUT2D eigenvalue weighted by molar-refractivity contribution is 7.22. The number of carboxylic acids is 1. The summed E-state index contributed by atoms with van der Waals surface area (Å²) >= 11 is 7.14. The van der Waals surface area contributed by atoms with Gasteiger partial charge in [0.2, 0.25) is 0 Å². The SMILES string of the molecule is O=C(NCCC(O)C(=O)O)Nc1nc2ccc(Cl)cc2s1. The smallest absolute Gasteiger partial charge is 0.332 e. The average molecular weight is 330 g/mol. The minimum absolute atomic E-state index is 0.0377. The van der Waals surface area contributed by atoms with E-state index in [4.69, 9.17) is 21.8 Å². The van der Waals surface area contributed by atoms with Gasteiger partial charge in [0, 0.05) is 18.0 Å². The zero-order valence-corrected chi connectivity index (χ0v) is 12.2. The molecule has 2 amide bonds. The van der Waals surface area contributed by atoms with Crippen LogP contribution in [0.1, 0.15) is 6.42 Å². The molecule has 112 valence electrons. The second kappa shape index (κ2) is 6.70. The number of aliphatic hydroxyl groups is 1. The number of carbonyl (C=O) groups excluding carboxylic acids is 1. The molecule has 0 fully saturated rings. The van der Waals surface area contributed by atoms with E-state index in [0.29, 0.717) is 10.2 Å². The molecule has 21 heavy (non-hydrogen) atoms. The summed E-state index contributed by atoms with van der Waals surface area (Å²) in [5.41, 5.74) is 0.723. The van der Waals surface area contributed by atoms with Crippen molar-refractivity contribution in [2.24, 2.45) is 0 Å². The highest BCUT2D eigenvalue weighted by atomic mass is 35.5. The lowest BCUT2D eigenvalue weighted by Crippen LogP contribution is -2.33. The van der Waals surface area contributed by atoms with E-state index < -0.39 is 18.1 Å². The average Bonchev–Trinajstić information content (AvgIpc) is 2.79. The van der Waals surface area contributed by atoms with Crippen molar-refractivity contribution in [2.45, 2.75) is 12.5 Å². The first-order valence-corrected chi connectivity index (χ1v) is 7.17. The quantitative estimate of drug-likeness (QED) is 0.669. The Kier molecular flexibility index (Phi) is 4.94. The van der Waals surface area contributed by atoms with Crippen molar-refractivity contribution in [3.05, 3.63) is 23.2 Å². The molecule has 1 atom stereocenters. The lowest BCUT2D eigenvalue weighted by Gasteiger charge is -2.07. The maximum absolute atomic E-state index is 11.6. The van der Waals surface area contributed by atoms with Gasteiger partial charge < -0.3 is 15.5 Å². The molecule has 2 aromatic rings. The first-order valence-electron chi connectivity index (χ1n) is 5.97. The number of aliphatic carboxylic acids is 1. The number of carbonyl (C=O) groups is 2. The number of hydrogen-bond donors (Lipinski definition) is 4. The van der Waals surface area contributed by atoms with Crippen molar-refractivity contribution in [1.82, 2.24) is 10.3 Å². The first kappa shape index (κ1) is 15.5. The number of thiazole rings is 1. The van der Waals surface area contributed by atoms with E-state index in [1.54, 1.807) is 18.2 Å². The highest BCUT2D eigenvalue weighted by Gasteiger charge is 2.13. The van der Waals surface area contributed by atoms with Crippen molar-refractivity contribution in [3.63, 3.8) is 0 Å². The number of aromatic nitrogens is 1. The van der Waals surface area contributed by atoms with E-state index >= 15 is 0 Å². The molecule has 1 heterocycles. The van der Waals surface area contributed by atoms with Crippen molar-refractivity contribution >= 4 is 50.3 Å². The summed E-state index contributed by atoms with van der Waals surface area (Å²) in [6, 6.07) is 4.69. The topological polar surface area (TPSA) is 112 Å². The Labute approximate surface area is 128 Å². The van der Waals surface area contributed by atoms with Gasteiger partial charge in [0.05, 0.1) is 10.2 Å². The molecule has 1 aromatic carbocycles. The van der Waals surface area contributed by atoms with Crippen LogP contribution in [0.2, 0.25) is 5.02 Å². The molecule has 0 aliphatic heterocycles. The molecule has 4 N–H and O–H groups in total. The Balaban J connectivity index is 1.88. The van der Waals surface area contributed by atoms with E-state index in [1.807, 2.05) is 0 Å². The summed E-state index contributed by atoms with van der Waals surface area (Å²) in [7, 11) is 0. The number of hydrogen-bond acceptors (Lipinski definition) is 5. The van der Waals surface area contributed by atoms with Gasteiger partial charge in [0.1, 0.15) is 0 Å². The van der Waals surface area contributed by atoms with E-state index in [1.165, 1.54) is 11.3 Å². The Morgan fingerprint density at radius 1 is 1.43 bits per heavy atom. The van der Waals surface area contributed by atoms with Gasteiger partial charge in [-0.15, -0.1) is 0 Å². The molecule has 0 bridgehead atoms. The third-order valence-corrected chi connectivity index (χ3v) is 3.73. The number of urea groups is 1. The molecule has 1 unspecified atom stereocenters. The van der Waals surface area contributed by atoms with Crippen LogP contribution in [-0.2, 0) is 4.79 Å². The van der Waals surface area contributed by atoms with E-state index in [-0.39, 0.29) is 13.0 Å². The summed E-state index contributed by atoms with van der Waals surface area (Å²) in [6.07, 6.45) is -1.56. The molecule has 1 aromatic heterocycles. The Bertz CT molecular complexity index is 676. The van der Waals surface area contributed by atoms with Crippen LogP contribution in [0.4, 0.5) is 9.93 Å². The van der Waals surface area contributed by atoms with Gasteiger partial charge in [0.15, 0.2) is 11.2 Å². The molecule has 0 spiro atoms. The number of nitrogens with one attached hydrogen (secondary N) is 2. The van der Waals surface area contributed by atoms with Crippen molar-refractivity contribution in [2.75, 3.05) is 11.9 Å². The number of nitrogens with zero attached hydrogens (tertiary/aromatic N) is 1. The van der Waals surface area contributed by atoms with E-state index in [9.17, 15) is 9.59 Å². The number of anilines is 1. The molecule has 0 aliphatic carbocycles. The third-order valence-electron chi connectivity index (χ3n) is 2.56. The van der Waals surface area contributed by atoms with Crippen molar-refractivity contribution < 1.29 is 19.8 Å². The monoisotopic (exact) mass is 329 g/mol. The van der Waals surface area contributed by atoms with Crippen LogP contribution in [0.15, 0.2) is 18.2 Å². The van der Waals surface area contributed by atoms with Gasteiger partial charge in [-0.2, -0.15) is 0 Å². The molecule has 0 aliphatic rings. The van der Waals surface area contributed by atoms with Crippen LogP contribution in [0.3, 0.4) is 0 Å². The highest BCUT2D eigenvalue weighted by Crippen LogP contribution is 2.28. The summed E-state index contributed by atoms with van der Waals surface area (Å²) in [5, 5.41) is 23.5. The Hall–Kier alpha value is -1.90. The minimum Gasteiger partial charge on any atom is -0.479 e. The second-order valence-electron chi connectivity index (χ2n) is 4.15. The maximum atomic E-state index is 11.6. The number of benzene rings is 1. The van der Waals surface area contributed by atoms with Crippen LogP contribution in [0.25, 0.3) is 10.2 Å².